The number of ether oxygens (including phenoxy) is 2. The van der Waals surface area contributed by atoms with Crippen molar-refractivity contribution in [1.82, 2.24) is 5.32 Å². The molecule has 0 saturated heterocycles. The number of carbonyl (C=O) groups is 1. The van der Waals surface area contributed by atoms with Gasteiger partial charge in [-0.05, 0) is 35.3 Å². The number of carbonyl (C=O) groups excluding carboxylic acids is 1. The Bertz CT molecular complexity index is 701. The molecule has 0 radical (unpaired) electrons. The van der Waals surface area contributed by atoms with Crippen LogP contribution >= 0.6 is 0 Å². The molecule has 0 saturated carbocycles. The quantitative estimate of drug-likeness (QED) is 0.768. The molecule has 0 fully saturated rings. The highest BCUT2D eigenvalue weighted by Crippen LogP contribution is 2.24. The molecule has 132 valence electrons. The molecule has 0 aliphatic carbocycles. The molecule has 1 unspecified atom stereocenters. The second-order valence-corrected chi connectivity index (χ2v) is 6.12. The SMILES string of the molecule is COc1cc(/C=C/C(=O)NC(c2ccccc2)C(C)C)cc(OC)c1. The van der Waals surface area contributed by atoms with Gasteiger partial charge in [0.15, 0.2) is 0 Å². The molecule has 4 heteroatoms. The summed E-state index contributed by atoms with van der Waals surface area (Å²) in [5, 5.41) is 3.07. The Morgan fingerprint density at radius 3 is 2.12 bits per heavy atom. The van der Waals surface area contributed by atoms with E-state index < -0.39 is 0 Å². The van der Waals surface area contributed by atoms with E-state index in [1.807, 2.05) is 42.5 Å². The second-order valence-electron chi connectivity index (χ2n) is 6.12. The fourth-order valence-electron chi connectivity index (χ4n) is 2.59. The second kappa shape index (κ2) is 8.92. The van der Waals surface area contributed by atoms with Crippen LogP contribution in [0.1, 0.15) is 31.0 Å². The number of methoxy groups -OCH3 is 2. The molecule has 0 aliphatic heterocycles. The Labute approximate surface area is 149 Å². The summed E-state index contributed by atoms with van der Waals surface area (Å²) >= 11 is 0. The smallest absolute Gasteiger partial charge is 0.244 e. The Morgan fingerprint density at radius 2 is 1.60 bits per heavy atom. The first kappa shape index (κ1) is 18.6. The molecule has 2 aromatic carbocycles. The van der Waals surface area contributed by atoms with Crippen molar-refractivity contribution < 1.29 is 14.3 Å². The van der Waals surface area contributed by atoms with Gasteiger partial charge in [0.25, 0.3) is 0 Å². The predicted molar refractivity (Wildman–Crippen MR) is 101 cm³/mol. The van der Waals surface area contributed by atoms with E-state index >= 15 is 0 Å². The Balaban J connectivity index is 2.11. The van der Waals surface area contributed by atoms with Crippen LogP contribution in [0.2, 0.25) is 0 Å². The van der Waals surface area contributed by atoms with Crippen molar-refractivity contribution >= 4 is 12.0 Å². The zero-order valence-electron chi connectivity index (χ0n) is 15.2. The summed E-state index contributed by atoms with van der Waals surface area (Å²) in [7, 11) is 3.20. The Kier molecular flexibility index (Phi) is 6.63. The van der Waals surface area contributed by atoms with E-state index in [1.165, 1.54) is 6.08 Å². The van der Waals surface area contributed by atoms with Gasteiger partial charge >= 0.3 is 0 Å². The molecule has 0 heterocycles. The molecule has 1 N–H and O–H groups in total. The molecule has 1 atom stereocenters. The number of hydrogen-bond donors (Lipinski definition) is 1. The summed E-state index contributed by atoms with van der Waals surface area (Å²) < 4.78 is 10.5. The lowest BCUT2D eigenvalue weighted by Gasteiger charge is -2.22. The largest absolute Gasteiger partial charge is 0.497 e. The summed E-state index contributed by atoms with van der Waals surface area (Å²) in [6, 6.07) is 15.5. The number of amides is 1. The first-order chi connectivity index (χ1) is 12.0. The van der Waals surface area contributed by atoms with E-state index in [0.29, 0.717) is 11.5 Å². The molecule has 4 nitrogen and oxygen atoms in total. The number of benzene rings is 2. The fourth-order valence-corrected chi connectivity index (χ4v) is 2.59. The van der Waals surface area contributed by atoms with E-state index in [1.54, 1.807) is 26.4 Å². The van der Waals surface area contributed by atoms with Crippen LogP contribution in [-0.2, 0) is 4.79 Å². The van der Waals surface area contributed by atoms with Gasteiger partial charge in [0.1, 0.15) is 11.5 Å². The zero-order chi connectivity index (χ0) is 18.2. The highest BCUT2D eigenvalue weighted by Gasteiger charge is 2.16. The van der Waals surface area contributed by atoms with Crippen molar-refractivity contribution in [1.29, 1.82) is 0 Å². The van der Waals surface area contributed by atoms with Crippen LogP contribution in [0.4, 0.5) is 0 Å². The van der Waals surface area contributed by atoms with Gasteiger partial charge in [-0.15, -0.1) is 0 Å². The molecule has 25 heavy (non-hydrogen) atoms. The zero-order valence-corrected chi connectivity index (χ0v) is 15.2. The van der Waals surface area contributed by atoms with Gasteiger partial charge in [0, 0.05) is 12.1 Å². The lowest BCUT2D eigenvalue weighted by atomic mass is 9.96. The van der Waals surface area contributed by atoms with Gasteiger partial charge in [-0.1, -0.05) is 44.2 Å². The minimum Gasteiger partial charge on any atom is -0.497 e. The summed E-state index contributed by atoms with van der Waals surface area (Å²) in [6.07, 6.45) is 3.29. The fraction of sp³-hybridized carbons (Fsp3) is 0.286. The van der Waals surface area contributed by atoms with Crippen molar-refractivity contribution in [2.45, 2.75) is 19.9 Å². The normalized spacial score (nSPS) is 12.2. The van der Waals surface area contributed by atoms with Gasteiger partial charge in [-0.25, -0.2) is 0 Å². The lowest BCUT2D eigenvalue weighted by Crippen LogP contribution is -2.30. The molecule has 2 aromatic rings. The van der Waals surface area contributed by atoms with Crippen molar-refractivity contribution in [3.8, 4) is 11.5 Å². The first-order valence-electron chi connectivity index (χ1n) is 8.30. The third-order valence-electron chi connectivity index (χ3n) is 3.92. The minimum atomic E-state index is -0.135. The van der Waals surface area contributed by atoms with Crippen LogP contribution in [0.15, 0.2) is 54.6 Å². The van der Waals surface area contributed by atoms with Crippen LogP contribution in [0.5, 0.6) is 11.5 Å². The molecule has 0 aromatic heterocycles. The van der Waals surface area contributed by atoms with E-state index in [4.69, 9.17) is 9.47 Å². The average molecular weight is 339 g/mol. The molecule has 0 bridgehead atoms. The highest BCUT2D eigenvalue weighted by atomic mass is 16.5. The molecular weight excluding hydrogens is 314 g/mol. The van der Waals surface area contributed by atoms with Crippen LogP contribution in [0, 0.1) is 5.92 Å². The standard InChI is InChI=1S/C21H25NO3/c1-15(2)21(17-8-6-5-7-9-17)22-20(23)11-10-16-12-18(24-3)14-19(13-16)25-4/h5-15,21H,1-4H3,(H,22,23)/b11-10+. The maximum absolute atomic E-state index is 12.4. The van der Waals surface area contributed by atoms with Crippen molar-refractivity contribution in [2.75, 3.05) is 14.2 Å². The van der Waals surface area contributed by atoms with Gasteiger partial charge in [0.05, 0.1) is 20.3 Å². The average Bonchev–Trinajstić information content (AvgIpc) is 2.64. The Hall–Kier alpha value is -2.75. The van der Waals surface area contributed by atoms with Gasteiger partial charge in [0.2, 0.25) is 5.91 Å². The molecule has 0 spiro atoms. The number of rotatable bonds is 7. The van der Waals surface area contributed by atoms with Crippen LogP contribution in [-0.4, -0.2) is 20.1 Å². The van der Waals surface area contributed by atoms with Gasteiger partial charge in [-0.2, -0.15) is 0 Å². The molecular formula is C21H25NO3. The van der Waals surface area contributed by atoms with Gasteiger partial charge < -0.3 is 14.8 Å². The monoisotopic (exact) mass is 339 g/mol. The lowest BCUT2D eigenvalue weighted by molar-refractivity contribution is -0.117. The first-order valence-corrected chi connectivity index (χ1v) is 8.30. The minimum absolute atomic E-state index is 0.0294. The molecule has 2 rings (SSSR count). The molecule has 1 amide bonds. The summed E-state index contributed by atoms with van der Waals surface area (Å²) in [5.41, 5.74) is 1.94. The van der Waals surface area contributed by atoms with Crippen molar-refractivity contribution in [3.05, 3.63) is 65.7 Å². The third-order valence-corrected chi connectivity index (χ3v) is 3.92. The Morgan fingerprint density at radius 1 is 1.00 bits per heavy atom. The summed E-state index contributed by atoms with van der Waals surface area (Å²) in [4.78, 5) is 12.4. The maximum atomic E-state index is 12.4. The van der Waals surface area contributed by atoms with Crippen LogP contribution in [0.25, 0.3) is 6.08 Å². The third kappa shape index (κ3) is 5.38. The van der Waals surface area contributed by atoms with Crippen molar-refractivity contribution in [2.24, 2.45) is 5.92 Å². The van der Waals surface area contributed by atoms with E-state index in [2.05, 4.69) is 19.2 Å². The maximum Gasteiger partial charge on any atom is 0.244 e. The predicted octanol–water partition coefficient (Wildman–Crippen LogP) is 4.23. The topological polar surface area (TPSA) is 47.6 Å². The van der Waals surface area contributed by atoms with E-state index in [-0.39, 0.29) is 17.9 Å². The van der Waals surface area contributed by atoms with Crippen LogP contribution < -0.4 is 14.8 Å². The summed E-state index contributed by atoms with van der Waals surface area (Å²) in [5.74, 6) is 1.52. The van der Waals surface area contributed by atoms with Crippen LogP contribution in [0.3, 0.4) is 0 Å². The number of nitrogens with one attached hydrogen (secondary N) is 1. The number of hydrogen-bond acceptors (Lipinski definition) is 3. The molecule has 0 aliphatic rings. The van der Waals surface area contributed by atoms with E-state index in [9.17, 15) is 4.79 Å². The van der Waals surface area contributed by atoms with Gasteiger partial charge in [-0.3, -0.25) is 4.79 Å². The highest BCUT2D eigenvalue weighted by molar-refractivity contribution is 5.92. The van der Waals surface area contributed by atoms with Crippen molar-refractivity contribution in [3.63, 3.8) is 0 Å². The van der Waals surface area contributed by atoms with E-state index in [0.717, 1.165) is 11.1 Å². The summed E-state index contributed by atoms with van der Waals surface area (Å²) in [6.45, 7) is 4.18.